The lowest BCUT2D eigenvalue weighted by Crippen LogP contribution is -2.24. The molecule has 10 fully saturated rings. The highest BCUT2D eigenvalue weighted by atomic mass is 16.4. The number of likely N-dealkylation sites (tertiary alicyclic amines) is 10. The molecular formula is C94H198N10O20. The summed E-state index contributed by atoms with van der Waals surface area (Å²) in [6.07, 6.45) is 50.3. The van der Waals surface area contributed by atoms with Crippen LogP contribution in [0.1, 0.15) is 351 Å². The molecule has 0 aliphatic carbocycles. The van der Waals surface area contributed by atoms with Crippen molar-refractivity contribution in [1.29, 1.82) is 0 Å². The van der Waals surface area contributed by atoms with Crippen LogP contribution in [0.2, 0.25) is 0 Å². The molecule has 30 heteroatoms. The van der Waals surface area contributed by atoms with Gasteiger partial charge >= 0.3 is 41.8 Å². The third-order valence-corrected chi connectivity index (χ3v) is 19.8. The summed E-state index contributed by atoms with van der Waals surface area (Å²) in [5, 5.41) is 77.5. The van der Waals surface area contributed by atoms with Gasteiger partial charge in [0.25, 0.3) is 18.9 Å². The number of carboxylic acids is 8. The van der Waals surface area contributed by atoms with Crippen LogP contribution in [0.3, 0.4) is 0 Å². The van der Waals surface area contributed by atoms with Crippen molar-refractivity contribution in [2.75, 3.05) is 201 Å². The van der Waals surface area contributed by atoms with E-state index >= 15 is 0 Å². The third-order valence-electron chi connectivity index (χ3n) is 19.8. The molecule has 124 heavy (non-hydrogen) atoms. The fraction of sp³-hybridized carbons (Fsp3) is 0.894. The van der Waals surface area contributed by atoms with Crippen LogP contribution >= 0.6 is 0 Å². The van der Waals surface area contributed by atoms with Crippen LogP contribution in [-0.2, 0) is 47.9 Å². The normalized spacial score (nSPS) is 16.9. The number of nitrogens with zero attached hydrogens (tertiary/aromatic N) is 10. The van der Waals surface area contributed by atoms with Crippen LogP contribution in [0.15, 0.2) is 0 Å². The summed E-state index contributed by atoms with van der Waals surface area (Å²) in [5.41, 5.74) is 0. The molecule has 0 unspecified atom stereocenters. The molecular weight excluding hydrogens is 1590 g/mol. The number of unbranched alkanes of at least 4 members (excludes halogenated alkanes) is 11. The zero-order valence-electron chi connectivity index (χ0n) is 82.9. The predicted octanol–water partition coefficient (Wildman–Crippen LogP) is 17.4. The topological polar surface area (TPSA) is 405 Å². The Kier molecular flexibility index (Phi) is 131. The smallest absolute Gasteiger partial charge is 0.303 e. The number of piperidine rings is 2. The van der Waals surface area contributed by atoms with E-state index in [-0.39, 0.29) is 19.4 Å². The van der Waals surface area contributed by atoms with Gasteiger partial charge in [0.1, 0.15) is 0 Å². The maximum atomic E-state index is 10.0. The minimum absolute atomic E-state index is 0.222. The largest absolute Gasteiger partial charge is 0.483 e. The number of hydrogen-bond acceptors (Lipinski definition) is 20. The molecule has 0 bridgehead atoms. The van der Waals surface area contributed by atoms with Crippen LogP contribution < -0.4 is 0 Å². The molecule has 10 heterocycles. The monoisotopic (exact) mass is 1790 g/mol. The first-order chi connectivity index (χ1) is 58.9. The van der Waals surface area contributed by atoms with E-state index < -0.39 is 47.8 Å². The molecule has 0 radical (unpaired) electrons. The first kappa shape index (κ1) is 139. The Balaban J connectivity index is -0.000000138. The molecule has 0 aromatic rings. The van der Waals surface area contributed by atoms with E-state index in [1.54, 1.807) is 6.92 Å². The first-order valence-corrected chi connectivity index (χ1v) is 47.6. The molecule has 10 aliphatic heterocycles. The van der Waals surface area contributed by atoms with Gasteiger partial charge in [0.2, 0.25) is 0 Å². The Morgan fingerprint density at radius 3 is 0.403 bits per heavy atom. The van der Waals surface area contributed by atoms with Crippen LogP contribution in [0.25, 0.3) is 0 Å². The minimum Gasteiger partial charge on any atom is -0.483 e. The summed E-state index contributed by atoms with van der Waals surface area (Å²) in [4.78, 5) is 118. The highest BCUT2D eigenvalue weighted by Gasteiger charge is 2.10. The molecule has 0 atom stereocenters. The van der Waals surface area contributed by atoms with Gasteiger partial charge in [-0.05, 0) is 368 Å². The van der Waals surface area contributed by atoms with Crippen molar-refractivity contribution in [3.8, 4) is 0 Å². The van der Waals surface area contributed by atoms with Crippen LogP contribution in [0.5, 0.6) is 0 Å². The molecule has 0 aromatic heterocycles. The van der Waals surface area contributed by atoms with Crippen LogP contribution in [0, 0.1) is 0 Å². The van der Waals surface area contributed by atoms with Crippen molar-refractivity contribution in [1.82, 2.24) is 49.0 Å². The molecule has 0 aromatic carbocycles. The Labute approximate surface area is 757 Å². The van der Waals surface area contributed by atoms with Gasteiger partial charge in [0, 0.05) is 51.9 Å². The van der Waals surface area contributed by atoms with Crippen molar-refractivity contribution in [3.63, 3.8) is 0 Å². The lowest BCUT2D eigenvalue weighted by molar-refractivity contribution is -0.138. The Morgan fingerprint density at radius 1 is 0.202 bits per heavy atom. The Bertz CT molecular complexity index is 1990. The summed E-state index contributed by atoms with van der Waals surface area (Å²) in [6, 6.07) is 0. The zero-order valence-corrected chi connectivity index (χ0v) is 82.9. The third kappa shape index (κ3) is 163. The van der Waals surface area contributed by atoms with E-state index in [4.69, 9.17) is 65.4 Å². The van der Waals surface area contributed by atoms with Gasteiger partial charge < -0.3 is 100 Å². The van der Waals surface area contributed by atoms with Crippen LogP contribution in [0.4, 0.5) is 0 Å². The SMILES string of the molecule is CC(=O)O.CCC(=O)O.CCCC(=O)O.CCCCC(=O)O.CCCCC(=O)O.CCCCCC(=O)O.CCCCCCC(=O)O.CCCCCCCC(=O)O.CN1CCCC1.CN1CCCC1.CN1CCCC1.CN1CCCC1.CN1CCCC1.CN1CCCC1.CN1CCCC1.CN1CCCC1.CN1CCCCC1.CN1CCCCC1.O=CO.O=CO. The maximum Gasteiger partial charge on any atom is 0.303 e. The number of hydrogen-bond donors (Lipinski definition) is 10. The molecule has 10 aliphatic rings. The van der Waals surface area contributed by atoms with Gasteiger partial charge in [0.05, 0.1) is 0 Å². The molecule has 10 N–H and O–H groups in total. The molecule has 0 saturated carbocycles. The maximum absolute atomic E-state index is 10.0. The fourth-order valence-corrected chi connectivity index (χ4v) is 12.1. The summed E-state index contributed by atoms with van der Waals surface area (Å²) < 4.78 is 0. The van der Waals surface area contributed by atoms with Crippen molar-refractivity contribution in [2.24, 2.45) is 0 Å². The van der Waals surface area contributed by atoms with E-state index in [9.17, 15) is 33.6 Å². The predicted molar refractivity (Wildman–Crippen MR) is 511 cm³/mol. The lowest BCUT2D eigenvalue weighted by atomic mass is 10.1. The van der Waals surface area contributed by atoms with Gasteiger partial charge in [-0.1, -0.05) is 132 Å². The second kappa shape index (κ2) is 117. The minimum atomic E-state index is -0.833. The van der Waals surface area contributed by atoms with Gasteiger partial charge in [-0.25, -0.2) is 0 Å². The number of carboxylic acid groups (broad SMARTS) is 10. The van der Waals surface area contributed by atoms with E-state index in [0.717, 1.165) is 90.4 Å². The van der Waals surface area contributed by atoms with Gasteiger partial charge in [0.15, 0.2) is 0 Å². The summed E-state index contributed by atoms with van der Waals surface area (Å²) in [6.45, 7) is 40.7. The van der Waals surface area contributed by atoms with E-state index in [0.29, 0.717) is 38.5 Å². The fourth-order valence-electron chi connectivity index (χ4n) is 12.1. The lowest BCUT2D eigenvalue weighted by Gasteiger charge is -2.20. The molecule has 0 spiro atoms. The highest BCUT2D eigenvalue weighted by Crippen LogP contribution is 2.10. The summed E-state index contributed by atoms with van der Waals surface area (Å²) in [7, 11) is 21.8. The van der Waals surface area contributed by atoms with E-state index in [1.807, 2.05) is 20.8 Å². The molecule has 10 rings (SSSR count). The van der Waals surface area contributed by atoms with Crippen molar-refractivity contribution < 1.29 is 99.0 Å². The first-order valence-electron chi connectivity index (χ1n) is 47.6. The second-order valence-corrected chi connectivity index (χ2v) is 33.0. The van der Waals surface area contributed by atoms with Crippen LogP contribution in [-0.4, -0.2) is 362 Å². The van der Waals surface area contributed by atoms with Crippen molar-refractivity contribution >= 4 is 60.7 Å². The highest BCUT2D eigenvalue weighted by molar-refractivity contribution is 5.68. The average molecular weight is 1790 g/mol. The Morgan fingerprint density at radius 2 is 0.315 bits per heavy atom. The van der Waals surface area contributed by atoms with Crippen molar-refractivity contribution in [2.45, 2.75) is 351 Å². The van der Waals surface area contributed by atoms with Gasteiger partial charge in [-0.15, -0.1) is 0 Å². The van der Waals surface area contributed by atoms with E-state index in [2.05, 4.69) is 140 Å². The molecule has 744 valence electrons. The zero-order chi connectivity index (χ0) is 96.5. The summed E-state index contributed by atoms with van der Waals surface area (Å²) >= 11 is 0. The standard InChI is InChI=1S/C8H16O2.C7H14O2.2C6H13N.C6H12O2.8C5H11N.2C5H10O2.C4H8O2.C3H6O2.C2H4O2.2CH2O2/c1-2-3-4-5-6-7-8(9)10;1-2-3-4-5-6-7(8)9;2*1-7-5-3-2-4-6-7;1-2-3-4-5-6(7)8;8*1-6-4-2-3-5-6;2*1-2-3-4-5(6)7;1-2-3-4(5)6;1-2-3(4)5;1-2(3)4;2*2-1-3/h2-7H2,1H3,(H,9,10);2-6H2,1H3,(H,8,9);2*2-6H2,1H3;2-5H2,1H3,(H,7,8);8*2-5H2,1H3;2*2-4H2,1H3,(H,6,7);2-3H2,1H3,(H,5,6);2H2,1H3,(H,4,5);1H3,(H,3,4);2*1H,(H,2,3). The van der Waals surface area contributed by atoms with Gasteiger partial charge in [-0.3, -0.25) is 47.9 Å². The molecule has 0 amide bonds. The quantitative estimate of drug-likeness (QED) is 0.0317. The number of aliphatic carboxylic acids is 8. The van der Waals surface area contributed by atoms with Gasteiger partial charge in [-0.2, -0.15) is 0 Å². The number of rotatable bonds is 24. The Hall–Kier alpha value is -5.70. The second-order valence-electron chi connectivity index (χ2n) is 33.0. The van der Waals surface area contributed by atoms with E-state index in [1.165, 1.54) is 298 Å². The molecule has 30 nitrogen and oxygen atoms in total. The average Bonchev–Trinajstić information content (AvgIpc) is 1.50. The number of carbonyl (C=O) groups is 10. The molecule has 10 saturated heterocycles. The van der Waals surface area contributed by atoms with Crippen molar-refractivity contribution in [3.05, 3.63) is 0 Å². The summed E-state index contributed by atoms with van der Waals surface area (Å²) in [5.74, 6) is -5.70.